The number of aryl methyl sites for hydroxylation is 1. The van der Waals surface area contributed by atoms with Crippen LogP contribution in [0.3, 0.4) is 0 Å². The normalized spacial score (nSPS) is 10.3. The predicted octanol–water partition coefficient (Wildman–Crippen LogP) is 4.48. The molecule has 18 heavy (non-hydrogen) atoms. The quantitative estimate of drug-likeness (QED) is 0.604. The molecule has 0 fully saturated rings. The molecule has 0 saturated heterocycles. The van der Waals surface area contributed by atoms with Gasteiger partial charge in [0, 0.05) is 22.2 Å². The molecule has 0 spiro atoms. The standard InChI is InChI=1S/C14H12ClNO2/c1-2-10-7-8-11(9-14(10)16(17)18)12-5-3-4-6-13(12)15/h3-9H,2H2,1H3. The van der Waals surface area contributed by atoms with E-state index < -0.39 is 0 Å². The SMILES string of the molecule is CCc1ccc(-c2ccccc2Cl)cc1[N+](=O)[O-]. The van der Waals surface area contributed by atoms with Crippen LogP contribution in [-0.4, -0.2) is 4.92 Å². The zero-order valence-corrected chi connectivity index (χ0v) is 10.6. The number of halogens is 1. The minimum absolute atomic E-state index is 0.148. The Bertz CT molecular complexity index is 596. The highest BCUT2D eigenvalue weighted by molar-refractivity contribution is 6.33. The molecule has 4 heteroatoms. The maximum atomic E-state index is 11.0. The lowest BCUT2D eigenvalue weighted by Crippen LogP contribution is -1.95. The molecule has 2 aromatic rings. The van der Waals surface area contributed by atoms with E-state index in [1.165, 1.54) is 0 Å². The van der Waals surface area contributed by atoms with Crippen LogP contribution >= 0.6 is 11.6 Å². The molecular formula is C14H12ClNO2. The Kier molecular flexibility index (Phi) is 3.63. The predicted molar refractivity (Wildman–Crippen MR) is 72.9 cm³/mol. The second-order valence-corrected chi connectivity index (χ2v) is 4.34. The summed E-state index contributed by atoms with van der Waals surface area (Å²) >= 11 is 6.09. The van der Waals surface area contributed by atoms with Crippen molar-refractivity contribution in [3.63, 3.8) is 0 Å². The lowest BCUT2D eigenvalue weighted by atomic mass is 10.0. The highest BCUT2D eigenvalue weighted by Gasteiger charge is 2.14. The van der Waals surface area contributed by atoms with E-state index in [4.69, 9.17) is 11.6 Å². The van der Waals surface area contributed by atoms with E-state index in [-0.39, 0.29) is 10.6 Å². The number of nitro groups is 1. The summed E-state index contributed by atoms with van der Waals surface area (Å²) < 4.78 is 0. The Hall–Kier alpha value is -1.87. The molecule has 0 bridgehead atoms. The molecule has 0 aliphatic rings. The number of benzene rings is 2. The fourth-order valence-corrected chi connectivity index (χ4v) is 2.14. The fraction of sp³-hybridized carbons (Fsp3) is 0.143. The number of hydrogen-bond acceptors (Lipinski definition) is 2. The topological polar surface area (TPSA) is 43.1 Å². The monoisotopic (exact) mass is 261 g/mol. The van der Waals surface area contributed by atoms with Crippen LogP contribution in [0.5, 0.6) is 0 Å². The Balaban J connectivity index is 2.57. The smallest absolute Gasteiger partial charge is 0.258 e. The maximum absolute atomic E-state index is 11.0. The van der Waals surface area contributed by atoms with Crippen LogP contribution in [-0.2, 0) is 6.42 Å². The van der Waals surface area contributed by atoms with Crippen molar-refractivity contribution in [2.24, 2.45) is 0 Å². The van der Waals surface area contributed by atoms with E-state index in [1.54, 1.807) is 18.2 Å². The molecule has 0 saturated carbocycles. The molecular weight excluding hydrogens is 250 g/mol. The van der Waals surface area contributed by atoms with Crippen molar-refractivity contribution < 1.29 is 4.92 Å². The summed E-state index contributed by atoms with van der Waals surface area (Å²) in [5.41, 5.74) is 2.46. The van der Waals surface area contributed by atoms with Crippen LogP contribution in [0, 0.1) is 10.1 Å². The molecule has 2 aromatic carbocycles. The number of hydrogen-bond donors (Lipinski definition) is 0. The number of rotatable bonds is 3. The minimum Gasteiger partial charge on any atom is -0.258 e. The zero-order chi connectivity index (χ0) is 13.1. The molecule has 92 valence electrons. The second kappa shape index (κ2) is 5.19. The lowest BCUT2D eigenvalue weighted by Gasteiger charge is -2.06. The van der Waals surface area contributed by atoms with Crippen molar-refractivity contribution in [1.29, 1.82) is 0 Å². The van der Waals surface area contributed by atoms with E-state index >= 15 is 0 Å². The first-order valence-electron chi connectivity index (χ1n) is 5.65. The zero-order valence-electron chi connectivity index (χ0n) is 9.89. The van der Waals surface area contributed by atoms with Crippen LogP contribution in [0.2, 0.25) is 5.02 Å². The van der Waals surface area contributed by atoms with Gasteiger partial charge in [-0.15, -0.1) is 0 Å². The van der Waals surface area contributed by atoms with Gasteiger partial charge >= 0.3 is 0 Å². The van der Waals surface area contributed by atoms with Gasteiger partial charge in [0.1, 0.15) is 0 Å². The van der Waals surface area contributed by atoms with Crippen molar-refractivity contribution in [3.05, 3.63) is 63.2 Å². The van der Waals surface area contributed by atoms with Gasteiger partial charge in [0.2, 0.25) is 0 Å². The van der Waals surface area contributed by atoms with E-state index in [0.29, 0.717) is 11.4 Å². The molecule has 0 unspecified atom stereocenters. The molecule has 0 aromatic heterocycles. The van der Waals surface area contributed by atoms with Crippen LogP contribution < -0.4 is 0 Å². The minimum atomic E-state index is -0.348. The van der Waals surface area contributed by atoms with E-state index in [9.17, 15) is 10.1 Å². The average molecular weight is 262 g/mol. The van der Waals surface area contributed by atoms with Gasteiger partial charge in [-0.2, -0.15) is 0 Å². The van der Waals surface area contributed by atoms with Gasteiger partial charge < -0.3 is 0 Å². The fourth-order valence-electron chi connectivity index (χ4n) is 1.90. The molecule has 0 aliphatic heterocycles. The molecule has 0 radical (unpaired) electrons. The van der Waals surface area contributed by atoms with Gasteiger partial charge in [-0.05, 0) is 18.1 Å². The Labute approximate surface area is 110 Å². The molecule has 0 aliphatic carbocycles. The van der Waals surface area contributed by atoms with Crippen molar-refractivity contribution in [3.8, 4) is 11.1 Å². The first-order chi connectivity index (χ1) is 8.63. The first kappa shape index (κ1) is 12.6. The third-order valence-electron chi connectivity index (χ3n) is 2.85. The van der Waals surface area contributed by atoms with Crippen LogP contribution in [0.15, 0.2) is 42.5 Å². The van der Waals surface area contributed by atoms with Crippen molar-refractivity contribution in [1.82, 2.24) is 0 Å². The molecule has 0 N–H and O–H groups in total. The first-order valence-corrected chi connectivity index (χ1v) is 6.03. The van der Waals surface area contributed by atoms with Crippen molar-refractivity contribution >= 4 is 17.3 Å². The number of nitrogens with zero attached hydrogens (tertiary/aromatic N) is 1. The largest absolute Gasteiger partial charge is 0.273 e. The van der Waals surface area contributed by atoms with Gasteiger partial charge in [0.25, 0.3) is 5.69 Å². The highest BCUT2D eigenvalue weighted by atomic mass is 35.5. The lowest BCUT2D eigenvalue weighted by molar-refractivity contribution is -0.385. The highest BCUT2D eigenvalue weighted by Crippen LogP contribution is 2.31. The summed E-state index contributed by atoms with van der Waals surface area (Å²) in [6.45, 7) is 1.90. The summed E-state index contributed by atoms with van der Waals surface area (Å²) in [5, 5.41) is 11.6. The van der Waals surface area contributed by atoms with E-state index in [1.807, 2.05) is 31.2 Å². The Morgan fingerprint density at radius 2 is 1.94 bits per heavy atom. The third-order valence-corrected chi connectivity index (χ3v) is 3.18. The average Bonchev–Trinajstić information content (AvgIpc) is 2.38. The molecule has 3 nitrogen and oxygen atoms in total. The molecule has 2 rings (SSSR count). The van der Waals surface area contributed by atoms with Gasteiger partial charge in [-0.3, -0.25) is 10.1 Å². The third kappa shape index (κ3) is 2.36. The summed E-state index contributed by atoms with van der Waals surface area (Å²) in [7, 11) is 0. The van der Waals surface area contributed by atoms with Gasteiger partial charge in [0.05, 0.1) is 4.92 Å². The molecule has 0 atom stereocenters. The number of nitro benzene ring substituents is 1. The van der Waals surface area contributed by atoms with Crippen molar-refractivity contribution in [2.45, 2.75) is 13.3 Å². The Morgan fingerprint density at radius 1 is 1.22 bits per heavy atom. The summed E-state index contributed by atoms with van der Waals surface area (Å²) in [5.74, 6) is 0. The van der Waals surface area contributed by atoms with Crippen molar-refractivity contribution in [2.75, 3.05) is 0 Å². The van der Waals surface area contributed by atoms with E-state index in [2.05, 4.69) is 0 Å². The van der Waals surface area contributed by atoms with Gasteiger partial charge in [-0.25, -0.2) is 0 Å². The van der Waals surface area contributed by atoms with Gasteiger partial charge in [0.15, 0.2) is 0 Å². The van der Waals surface area contributed by atoms with Crippen LogP contribution in [0.1, 0.15) is 12.5 Å². The van der Waals surface area contributed by atoms with E-state index in [0.717, 1.165) is 16.7 Å². The summed E-state index contributed by atoms with van der Waals surface area (Å²) in [6, 6.07) is 12.6. The van der Waals surface area contributed by atoms with Crippen LogP contribution in [0.4, 0.5) is 5.69 Å². The molecule has 0 heterocycles. The van der Waals surface area contributed by atoms with Crippen LogP contribution in [0.25, 0.3) is 11.1 Å². The van der Waals surface area contributed by atoms with Gasteiger partial charge in [-0.1, -0.05) is 48.9 Å². The summed E-state index contributed by atoms with van der Waals surface area (Å²) in [6.07, 6.45) is 0.638. The molecule has 0 amide bonds. The second-order valence-electron chi connectivity index (χ2n) is 3.93. The Morgan fingerprint density at radius 3 is 2.56 bits per heavy atom. The summed E-state index contributed by atoms with van der Waals surface area (Å²) in [4.78, 5) is 10.7. The maximum Gasteiger partial charge on any atom is 0.273 e.